The van der Waals surface area contributed by atoms with Gasteiger partial charge in [0.2, 0.25) is 0 Å². The zero-order chi connectivity index (χ0) is 11.3. The summed E-state index contributed by atoms with van der Waals surface area (Å²) in [6.45, 7) is 9.18. The Morgan fingerprint density at radius 2 is 1.40 bits per heavy atom. The number of methoxy groups -OCH3 is 1. The van der Waals surface area contributed by atoms with Gasteiger partial charge < -0.3 is 4.74 Å². The summed E-state index contributed by atoms with van der Waals surface area (Å²) >= 11 is 0. The third kappa shape index (κ3) is 1.26. The van der Waals surface area contributed by atoms with Crippen LogP contribution in [-0.2, 0) is 9.53 Å². The molecular formula is C13H22O2. The predicted octanol–water partition coefficient (Wildman–Crippen LogP) is 2.58. The van der Waals surface area contributed by atoms with Crippen molar-refractivity contribution in [3.63, 3.8) is 0 Å². The van der Waals surface area contributed by atoms with Crippen molar-refractivity contribution < 1.29 is 9.53 Å². The molecule has 2 nitrogen and oxygen atoms in total. The molecule has 0 saturated heterocycles. The van der Waals surface area contributed by atoms with E-state index in [9.17, 15) is 4.79 Å². The molecule has 0 amide bonds. The zero-order valence-electron chi connectivity index (χ0n) is 10.4. The Hall–Kier alpha value is -0.530. The second-order valence-corrected chi connectivity index (χ2v) is 5.64. The summed E-state index contributed by atoms with van der Waals surface area (Å²) in [4.78, 5) is 11.8. The van der Waals surface area contributed by atoms with Crippen molar-refractivity contribution in [2.45, 2.75) is 27.7 Å². The zero-order valence-corrected chi connectivity index (χ0v) is 10.4. The lowest BCUT2D eigenvalue weighted by molar-refractivity contribution is -0.150. The number of hydrogen-bond acceptors (Lipinski definition) is 2. The molecule has 0 radical (unpaired) electrons. The maximum Gasteiger partial charge on any atom is 0.309 e. The van der Waals surface area contributed by atoms with Crippen LogP contribution in [0, 0.1) is 41.4 Å². The standard InChI is InChI=1S/C13H22O2/c1-6-7(2)11-8(3)10(6)9(4)12(11)13(14)15-5/h6-12H,1-5H3/t6-,7-,8?,9-,10?,11?,12-/m1/s1. The van der Waals surface area contributed by atoms with Crippen molar-refractivity contribution in [3.05, 3.63) is 0 Å². The lowest BCUT2D eigenvalue weighted by atomic mass is 9.70. The Morgan fingerprint density at radius 1 is 0.867 bits per heavy atom. The van der Waals surface area contributed by atoms with Crippen LogP contribution >= 0.6 is 0 Å². The highest BCUT2D eigenvalue weighted by molar-refractivity contribution is 5.74. The molecule has 7 atom stereocenters. The molecule has 0 aromatic heterocycles. The Morgan fingerprint density at radius 3 is 1.87 bits per heavy atom. The summed E-state index contributed by atoms with van der Waals surface area (Å²) in [6, 6.07) is 0. The largest absolute Gasteiger partial charge is 0.469 e. The molecule has 2 aliphatic rings. The maximum absolute atomic E-state index is 11.8. The highest BCUT2D eigenvalue weighted by Crippen LogP contribution is 2.61. The van der Waals surface area contributed by atoms with Crippen LogP contribution in [0.25, 0.3) is 0 Å². The normalized spacial score (nSPS) is 53.3. The Bertz CT molecular complexity index is 274. The Labute approximate surface area is 92.4 Å². The van der Waals surface area contributed by atoms with Crippen LogP contribution in [0.3, 0.4) is 0 Å². The Balaban J connectivity index is 2.28. The average molecular weight is 210 g/mol. The third-order valence-corrected chi connectivity index (χ3v) is 5.32. The summed E-state index contributed by atoms with van der Waals surface area (Å²) < 4.78 is 4.95. The molecule has 2 fully saturated rings. The van der Waals surface area contributed by atoms with Gasteiger partial charge in [0.1, 0.15) is 0 Å². The van der Waals surface area contributed by atoms with E-state index in [0.29, 0.717) is 29.6 Å². The van der Waals surface area contributed by atoms with E-state index in [4.69, 9.17) is 4.74 Å². The average Bonchev–Trinajstić information content (AvgIpc) is 2.57. The number of carbonyl (C=O) groups is 1. The van der Waals surface area contributed by atoms with Gasteiger partial charge in [-0.1, -0.05) is 27.7 Å². The number of hydrogen-bond donors (Lipinski definition) is 0. The van der Waals surface area contributed by atoms with Crippen molar-refractivity contribution in [2.24, 2.45) is 41.4 Å². The molecule has 0 aromatic carbocycles. The SMILES string of the molecule is COC(=O)[C@H]1C2C(C)C([C@H]1C)[C@H](C)[C@H]2C. The van der Waals surface area contributed by atoms with Crippen LogP contribution in [0.15, 0.2) is 0 Å². The second kappa shape index (κ2) is 3.50. The minimum absolute atomic E-state index is 0.0144. The minimum Gasteiger partial charge on any atom is -0.469 e. The van der Waals surface area contributed by atoms with Crippen molar-refractivity contribution in [2.75, 3.05) is 7.11 Å². The molecule has 0 heterocycles. The molecule has 86 valence electrons. The van der Waals surface area contributed by atoms with Gasteiger partial charge in [0.25, 0.3) is 0 Å². The van der Waals surface area contributed by atoms with Crippen LogP contribution in [0.1, 0.15) is 27.7 Å². The van der Waals surface area contributed by atoms with E-state index >= 15 is 0 Å². The van der Waals surface area contributed by atoms with Gasteiger partial charge in [0.05, 0.1) is 13.0 Å². The summed E-state index contributed by atoms with van der Waals surface area (Å²) in [5.41, 5.74) is 0. The van der Waals surface area contributed by atoms with Crippen LogP contribution in [0.5, 0.6) is 0 Å². The summed E-state index contributed by atoms with van der Waals surface area (Å²) in [5, 5.41) is 0. The Kier molecular flexibility index (Phi) is 2.56. The molecule has 2 aliphatic carbocycles. The van der Waals surface area contributed by atoms with Gasteiger partial charge in [0.15, 0.2) is 0 Å². The lowest BCUT2D eigenvalue weighted by Gasteiger charge is -2.34. The first-order valence-corrected chi connectivity index (χ1v) is 6.08. The number of esters is 1. The number of fused-ring (bicyclic) bond motifs is 2. The van der Waals surface area contributed by atoms with E-state index in [1.165, 1.54) is 7.11 Å². The first-order valence-electron chi connectivity index (χ1n) is 6.08. The van der Waals surface area contributed by atoms with Crippen LogP contribution in [0.4, 0.5) is 0 Å². The molecule has 2 bridgehead atoms. The van der Waals surface area contributed by atoms with Gasteiger partial charge in [-0.15, -0.1) is 0 Å². The minimum atomic E-state index is 0.0144. The highest BCUT2D eigenvalue weighted by Gasteiger charge is 2.60. The number of rotatable bonds is 1. The smallest absolute Gasteiger partial charge is 0.309 e. The van der Waals surface area contributed by atoms with Gasteiger partial charge in [-0.05, 0) is 35.5 Å². The topological polar surface area (TPSA) is 26.3 Å². The molecule has 0 aromatic rings. The molecule has 0 N–H and O–H groups in total. The van der Waals surface area contributed by atoms with Gasteiger partial charge >= 0.3 is 5.97 Å². The van der Waals surface area contributed by atoms with Gasteiger partial charge in [-0.3, -0.25) is 4.79 Å². The highest BCUT2D eigenvalue weighted by atomic mass is 16.5. The molecule has 15 heavy (non-hydrogen) atoms. The van der Waals surface area contributed by atoms with E-state index in [1.807, 2.05) is 0 Å². The molecular weight excluding hydrogens is 188 g/mol. The van der Waals surface area contributed by atoms with Gasteiger partial charge in [-0.25, -0.2) is 0 Å². The fraction of sp³-hybridized carbons (Fsp3) is 0.923. The van der Waals surface area contributed by atoms with Crippen LogP contribution < -0.4 is 0 Å². The summed E-state index contributed by atoms with van der Waals surface area (Å²) in [7, 11) is 1.51. The number of ether oxygens (including phenoxy) is 1. The maximum atomic E-state index is 11.8. The van der Waals surface area contributed by atoms with Gasteiger partial charge in [-0.2, -0.15) is 0 Å². The summed E-state index contributed by atoms with van der Waals surface area (Å²) in [6.07, 6.45) is 0. The van der Waals surface area contributed by atoms with Crippen molar-refractivity contribution >= 4 is 5.97 Å². The molecule has 3 unspecified atom stereocenters. The fourth-order valence-corrected chi connectivity index (χ4v) is 4.62. The van der Waals surface area contributed by atoms with Crippen molar-refractivity contribution in [1.29, 1.82) is 0 Å². The van der Waals surface area contributed by atoms with Crippen LogP contribution in [0.2, 0.25) is 0 Å². The summed E-state index contributed by atoms with van der Waals surface area (Å²) in [5.74, 6) is 4.06. The lowest BCUT2D eigenvalue weighted by Crippen LogP contribution is -2.36. The monoisotopic (exact) mass is 210 g/mol. The predicted molar refractivity (Wildman–Crippen MR) is 59.1 cm³/mol. The van der Waals surface area contributed by atoms with Crippen molar-refractivity contribution in [3.8, 4) is 0 Å². The van der Waals surface area contributed by atoms with E-state index in [1.54, 1.807) is 0 Å². The second-order valence-electron chi connectivity index (χ2n) is 5.64. The first-order chi connectivity index (χ1) is 7.00. The van der Waals surface area contributed by atoms with E-state index in [2.05, 4.69) is 27.7 Å². The molecule has 2 heteroatoms. The van der Waals surface area contributed by atoms with Crippen LogP contribution in [-0.4, -0.2) is 13.1 Å². The number of carbonyl (C=O) groups excluding carboxylic acids is 1. The fourth-order valence-electron chi connectivity index (χ4n) is 4.62. The molecule has 0 spiro atoms. The molecule has 2 rings (SSSR count). The van der Waals surface area contributed by atoms with E-state index in [0.717, 1.165) is 5.92 Å². The third-order valence-electron chi connectivity index (χ3n) is 5.32. The first kappa shape index (κ1) is 11.0. The van der Waals surface area contributed by atoms with Gasteiger partial charge in [0, 0.05) is 0 Å². The molecule has 0 aliphatic heterocycles. The van der Waals surface area contributed by atoms with E-state index < -0.39 is 0 Å². The van der Waals surface area contributed by atoms with Crippen molar-refractivity contribution in [1.82, 2.24) is 0 Å². The molecule has 2 saturated carbocycles. The quantitative estimate of drug-likeness (QED) is 0.622. The van der Waals surface area contributed by atoms with E-state index in [-0.39, 0.29) is 11.9 Å².